The van der Waals surface area contributed by atoms with Crippen LogP contribution in [0.1, 0.15) is 52.2 Å². The van der Waals surface area contributed by atoms with Crippen molar-refractivity contribution in [3.05, 3.63) is 32.9 Å². The van der Waals surface area contributed by atoms with Crippen LogP contribution in [0.2, 0.25) is 0 Å². The van der Waals surface area contributed by atoms with Gasteiger partial charge in [-0.1, -0.05) is 20.3 Å². The number of carbonyl (C=O) groups excluding carboxylic acids is 3. The lowest BCUT2D eigenvalue weighted by Crippen LogP contribution is -2.53. The summed E-state index contributed by atoms with van der Waals surface area (Å²) in [4.78, 5) is 64.0. The Hall–Kier alpha value is -2.71. The molecule has 0 unspecified atom stereocenters. The van der Waals surface area contributed by atoms with Gasteiger partial charge >= 0.3 is 11.7 Å². The van der Waals surface area contributed by atoms with Crippen molar-refractivity contribution in [3.63, 3.8) is 0 Å². The number of nitrogens with one attached hydrogen (secondary N) is 2. The minimum atomic E-state index is -1.18. The fourth-order valence-corrected chi connectivity index (χ4v) is 4.57. The number of aliphatic hydroxyl groups is 1. The molecular weight excluding hydrogens is 511 g/mol. The highest BCUT2D eigenvalue weighted by Crippen LogP contribution is 2.28. The molecule has 14 heteroatoms. The molecule has 2 heterocycles. The maximum Gasteiger partial charge on any atom is 0.330 e. The van der Waals surface area contributed by atoms with Crippen molar-refractivity contribution >= 4 is 30.0 Å². The lowest BCUT2D eigenvalue weighted by atomic mass is 10.1. The van der Waals surface area contributed by atoms with Crippen molar-refractivity contribution in [1.82, 2.24) is 19.8 Å². The van der Waals surface area contributed by atoms with Gasteiger partial charge in [0.1, 0.15) is 31.0 Å². The molecule has 12 nitrogen and oxygen atoms in total. The summed E-state index contributed by atoms with van der Waals surface area (Å²) in [6.07, 6.45) is 1.61. The van der Waals surface area contributed by atoms with Crippen LogP contribution in [0.5, 0.6) is 0 Å². The summed E-state index contributed by atoms with van der Waals surface area (Å²) in [5.41, 5.74) is -2.07. The Morgan fingerprint density at radius 2 is 2.11 bits per heavy atom. The van der Waals surface area contributed by atoms with E-state index in [0.717, 1.165) is 4.57 Å². The lowest BCUT2D eigenvalue weighted by Gasteiger charge is -2.33. The quantitative estimate of drug-likeness (QED) is 0.205. The van der Waals surface area contributed by atoms with Crippen LogP contribution in [0, 0.1) is 5.82 Å². The molecule has 208 valence electrons. The number of hydrogen-bond donors (Lipinski definition) is 3. The summed E-state index contributed by atoms with van der Waals surface area (Å²) in [6.45, 7) is 3.64. The van der Waals surface area contributed by atoms with Gasteiger partial charge in [0.25, 0.3) is 5.56 Å². The van der Waals surface area contributed by atoms with Gasteiger partial charge in [0.05, 0.1) is 12.3 Å². The molecule has 1 aromatic rings. The number of esters is 1. The number of rotatable bonds is 15. The topological polar surface area (TPSA) is 160 Å². The Bertz CT molecular complexity index is 1030. The monoisotopic (exact) mass is 546 g/mol. The molecule has 1 aliphatic heterocycles. The Morgan fingerprint density at radius 1 is 1.38 bits per heavy atom. The third kappa shape index (κ3) is 8.14. The number of carbonyl (C=O) groups is 3. The number of amides is 2. The molecule has 2 rings (SSSR count). The number of thioether (sulfide) groups is 1. The SMILES string of the molecule is CCC[C@H](C(=O)OC[C@H]1O[C@@H](n2cc(F)c(=O)[nH]c2=O)C[C@@H]1O)N(CCC)C(=O)[C@H](CCSC)NC=O. The van der Waals surface area contributed by atoms with Crippen molar-refractivity contribution in [2.45, 2.75) is 76.5 Å². The van der Waals surface area contributed by atoms with E-state index in [4.69, 9.17) is 9.47 Å². The Balaban J connectivity index is 2.12. The molecule has 3 N–H and O–H groups in total. The van der Waals surface area contributed by atoms with E-state index in [1.54, 1.807) is 0 Å². The highest BCUT2D eigenvalue weighted by Gasteiger charge is 2.38. The highest BCUT2D eigenvalue weighted by atomic mass is 32.2. The van der Waals surface area contributed by atoms with Gasteiger partial charge < -0.3 is 24.8 Å². The molecule has 2 amide bonds. The molecule has 0 aromatic carbocycles. The predicted molar refractivity (Wildman–Crippen MR) is 133 cm³/mol. The summed E-state index contributed by atoms with van der Waals surface area (Å²) in [5, 5.41) is 12.9. The number of aliphatic hydroxyl groups excluding tert-OH is 1. The van der Waals surface area contributed by atoms with Gasteiger partial charge in [0.2, 0.25) is 18.1 Å². The van der Waals surface area contributed by atoms with Crippen molar-refractivity contribution in [1.29, 1.82) is 0 Å². The minimum absolute atomic E-state index is 0.0963. The van der Waals surface area contributed by atoms with Crippen LogP contribution < -0.4 is 16.6 Å². The first-order valence-corrected chi connectivity index (χ1v) is 13.6. The van der Waals surface area contributed by atoms with Crippen LogP contribution >= 0.6 is 11.8 Å². The largest absolute Gasteiger partial charge is 0.461 e. The van der Waals surface area contributed by atoms with E-state index in [9.17, 15) is 33.5 Å². The van der Waals surface area contributed by atoms with Gasteiger partial charge in [-0.25, -0.2) is 9.59 Å². The lowest BCUT2D eigenvalue weighted by molar-refractivity contribution is -0.161. The number of halogens is 1. The van der Waals surface area contributed by atoms with Crippen molar-refractivity contribution in [2.75, 3.05) is 25.2 Å². The van der Waals surface area contributed by atoms with E-state index in [-0.39, 0.29) is 25.5 Å². The Kier molecular flexibility index (Phi) is 12.3. The highest BCUT2D eigenvalue weighted by molar-refractivity contribution is 7.98. The first kappa shape index (κ1) is 30.5. The van der Waals surface area contributed by atoms with Crippen molar-refractivity contribution < 1.29 is 33.4 Å². The molecule has 1 fully saturated rings. The number of nitrogens with zero attached hydrogens (tertiary/aromatic N) is 2. The van der Waals surface area contributed by atoms with Crippen LogP contribution in [0.25, 0.3) is 0 Å². The number of H-pyrrole nitrogens is 1. The van der Waals surface area contributed by atoms with Crippen LogP contribution in [-0.4, -0.2) is 87.3 Å². The average molecular weight is 547 g/mol. The normalized spacial score (nSPS) is 20.7. The van der Waals surface area contributed by atoms with Crippen molar-refractivity contribution in [3.8, 4) is 0 Å². The zero-order chi connectivity index (χ0) is 27.5. The minimum Gasteiger partial charge on any atom is -0.461 e. The van der Waals surface area contributed by atoms with Crippen LogP contribution in [-0.2, 0) is 23.9 Å². The molecule has 5 atom stereocenters. The standard InChI is InChI=1S/C23H35FN4O8S/c1-4-6-16(27(8-5-2)21(32)15(25-13-29)7-9-37-3)22(33)35-12-18-17(30)10-19(36-18)28-11-14(24)20(31)26-23(28)34/h11,13,15-19,30H,4-10,12H2,1-3H3,(H,25,29)(H,26,31,34)/t15-,16+,17-,18+,19+/m0/s1. The van der Waals surface area contributed by atoms with Crippen LogP contribution in [0.3, 0.4) is 0 Å². The molecule has 1 aliphatic rings. The average Bonchev–Trinajstić information content (AvgIpc) is 3.24. The summed E-state index contributed by atoms with van der Waals surface area (Å²) in [6, 6.07) is -1.69. The molecule has 0 saturated carbocycles. The first-order chi connectivity index (χ1) is 17.7. The van der Waals surface area contributed by atoms with Gasteiger partial charge in [0.15, 0.2) is 0 Å². The van der Waals surface area contributed by atoms with Gasteiger partial charge in [-0.2, -0.15) is 16.2 Å². The summed E-state index contributed by atoms with van der Waals surface area (Å²) < 4.78 is 25.5. The van der Waals surface area contributed by atoms with E-state index in [0.29, 0.717) is 44.0 Å². The van der Waals surface area contributed by atoms with E-state index < -0.39 is 53.6 Å². The zero-order valence-electron chi connectivity index (χ0n) is 21.2. The maximum atomic E-state index is 13.7. The molecule has 0 spiro atoms. The molecular formula is C23H35FN4O8S. The van der Waals surface area contributed by atoms with Gasteiger partial charge in [-0.15, -0.1) is 0 Å². The number of hydrogen-bond acceptors (Lipinski definition) is 9. The molecule has 0 radical (unpaired) electrons. The smallest absolute Gasteiger partial charge is 0.330 e. The third-order valence-corrected chi connectivity index (χ3v) is 6.61. The van der Waals surface area contributed by atoms with Crippen molar-refractivity contribution in [2.24, 2.45) is 0 Å². The second-order valence-corrected chi connectivity index (χ2v) is 9.65. The number of aromatic amines is 1. The second kappa shape index (κ2) is 14.9. The first-order valence-electron chi connectivity index (χ1n) is 12.2. The Labute approximate surface area is 217 Å². The van der Waals surface area contributed by atoms with E-state index in [1.165, 1.54) is 16.7 Å². The van der Waals surface area contributed by atoms with Gasteiger partial charge in [0, 0.05) is 13.0 Å². The fourth-order valence-electron chi connectivity index (χ4n) is 4.10. The number of ether oxygens (including phenoxy) is 2. The Morgan fingerprint density at radius 3 is 2.73 bits per heavy atom. The third-order valence-electron chi connectivity index (χ3n) is 5.96. The summed E-state index contributed by atoms with van der Waals surface area (Å²) in [7, 11) is 0. The summed E-state index contributed by atoms with van der Waals surface area (Å²) in [5.74, 6) is -1.61. The van der Waals surface area contributed by atoms with Crippen LogP contribution in [0.15, 0.2) is 15.8 Å². The van der Waals surface area contributed by atoms with Gasteiger partial charge in [-0.05, 0) is 31.3 Å². The molecule has 0 bridgehead atoms. The maximum absolute atomic E-state index is 13.7. The van der Waals surface area contributed by atoms with Gasteiger partial charge in [-0.3, -0.25) is 23.9 Å². The van der Waals surface area contributed by atoms with E-state index >= 15 is 0 Å². The second-order valence-electron chi connectivity index (χ2n) is 8.66. The fraction of sp³-hybridized carbons (Fsp3) is 0.696. The van der Waals surface area contributed by atoms with E-state index in [2.05, 4.69) is 5.32 Å². The number of aromatic nitrogens is 2. The van der Waals surface area contributed by atoms with E-state index in [1.807, 2.05) is 25.1 Å². The zero-order valence-corrected chi connectivity index (χ0v) is 22.0. The molecule has 37 heavy (non-hydrogen) atoms. The molecule has 0 aliphatic carbocycles. The molecule has 1 aromatic heterocycles. The predicted octanol–water partition coefficient (Wildman–Crippen LogP) is 0.142. The summed E-state index contributed by atoms with van der Waals surface area (Å²) >= 11 is 1.53. The van der Waals surface area contributed by atoms with Crippen LogP contribution in [0.4, 0.5) is 4.39 Å². The molecule has 1 saturated heterocycles.